The van der Waals surface area contributed by atoms with Crippen molar-refractivity contribution < 1.29 is 4.42 Å². The first-order chi connectivity index (χ1) is 14.2. The molecule has 0 atom stereocenters. The zero-order valence-corrected chi connectivity index (χ0v) is 17.2. The van der Waals surface area contributed by atoms with E-state index in [1.54, 1.807) is 6.20 Å². The van der Waals surface area contributed by atoms with Gasteiger partial charge in [-0.2, -0.15) is 9.78 Å². The Kier molecular flexibility index (Phi) is 4.41. The molecule has 29 heavy (non-hydrogen) atoms. The van der Waals surface area contributed by atoms with Crippen LogP contribution < -0.4 is 5.32 Å². The van der Waals surface area contributed by atoms with Gasteiger partial charge in [-0.15, -0.1) is 0 Å². The third kappa shape index (κ3) is 3.21. The molecule has 0 saturated heterocycles. The van der Waals surface area contributed by atoms with E-state index in [0.717, 1.165) is 44.1 Å². The highest BCUT2D eigenvalue weighted by Crippen LogP contribution is 2.41. The average Bonchev–Trinajstić information content (AvgIpc) is 3.29. The molecule has 3 heterocycles. The molecule has 0 aliphatic heterocycles. The standard InChI is InChI=1S/C23H17BrN4O/c1-15-20-21(26-19-13-12-17(24)14-25-19)22(16-8-4-2-5-9-16)29-23(20)28(27-15)18-10-6-3-7-11-18/h2-14H,1H3,(H,25,26). The van der Waals surface area contributed by atoms with E-state index in [1.807, 2.05) is 84.4 Å². The molecule has 5 rings (SSSR count). The van der Waals surface area contributed by atoms with E-state index in [4.69, 9.17) is 9.52 Å². The second kappa shape index (κ2) is 7.22. The summed E-state index contributed by atoms with van der Waals surface area (Å²) in [6, 6.07) is 23.9. The normalized spacial score (nSPS) is 11.1. The van der Waals surface area contributed by atoms with Crippen molar-refractivity contribution >= 4 is 38.5 Å². The molecule has 0 unspecified atom stereocenters. The molecule has 0 radical (unpaired) electrons. The molecule has 5 nitrogen and oxygen atoms in total. The first-order valence-corrected chi connectivity index (χ1v) is 10.0. The number of halogens is 1. The Balaban J connectivity index is 1.74. The zero-order valence-electron chi connectivity index (χ0n) is 15.6. The number of fused-ring (bicyclic) bond motifs is 1. The molecule has 5 aromatic rings. The van der Waals surface area contributed by atoms with Crippen molar-refractivity contribution in [2.75, 3.05) is 5.32 Å². The number of hydrogen-bond donors (Lipinski definition) is 1. The maximum absolute atomic E-state index is 6.39. The van der Waals surface area contributed by atoms with Gasteiger partial charge in [0.2, 0.25) is 5.71 Å². The van der Waals surface area contributed by atoms with Crippen LogP contribution in [-0.2, 0) is 0 Å². The van der Waals surface area contributed by atoms with Crippen LogP contribution in [0, 0.1) is 6.92 Å². The van der Waals surface area contributed by atoms with Gasteiger partial charge in [-0.25, -0.2) is 4.98 Å². The maximum atomic E-state index is 6.39. The summed E-state index contributed by atoms with van der Waals surface area (Å²) in [4.78, 5) is 4.46. The van der Waals surface area contributed by atoms with Gasteiger partial charge in [0.1, 0.15) is 5.82 Å². The molecule has 0 amide bonds. The lowest BCUT2D eigenvalue weighted by molar-refractivity contribution is 0.597. The molecule has 6 heteroatoms. The summed E-state index contributed by atoms with van der Waals surface area (Å²) in [6.07, 6.45) is 1.77. The van der Waals surface area contributed by atoms with Crippen LogP contribution in [0.4, 0.5) is 11.5 Å². The van der Waals surface area contributed by atoms with Gasteiger partial charge >= 0.3 is 0 Å². The number of aromatic nitrogens is 3. The number of pyridine rings is 1. The third-order valence-electron chi connectivity index (χ3n) is 4.71. The third-order valence-corrected chi connectivity index (χ3v) is 5.18. The van der Waals surface area contributed by atoms with E-state index < -0.39 is 0 Å². The number of aryl methyl sites for hydroxylation is 1. The Morgan fingerprint density at radius 3 is 2.34 bits per heavy atom. The molecule has 1 N–H and O–H groups in total. The summed E-state index contributed by atoms with van der Waals surface area (Å²) < 4.78 is 9.16. The van der Waals surface area contributed by atoms with Crippen LogP contribution in [0.15, 0.2) is 87.9 Å². The highest BCUT2D eigenvalue weighted by atomic mass is 79.9. The van der Waals surface area contributed by atoms with E-state index in [9.17, 15) is 0 Å². The van der Waals surface area contributed by atoms with E-state index >= 15 is 0 Å². The first-order valence-electron chi connectivity index (χ1n) is 9.22. The largest absolute Gasteiger partial charge is 0.435 e. The van der Waals surface area contributed by atoms with Gasteiger partial charge in [0, 0.05) is 16.2 Å². The Hall–Kier alpha value is -3.38. The monoisotopic (exact) mass is 444 g/mol. The molecule has 0 spiro atoms. The second-order valence-corrected chi connectivity index (χ2v) is 7.59. The van der Waals surface area contributed by atoms with Gasteiger partial charge in [0.15, 0.2) is 5.76 Å². The quantitative estimate of drug-likeness (QED) is 0.343. The van der Waals surface area contributed by atoms with Gasteiger partial charge in [0.25, 0.3) is 0 Å². The van der Waals surface area contributed by atoms with Crippen LogP contribution >= 0.6 is 15.9 Å². The summed E-state index contributed by atoms with van der Waals surface area (Å²) in [6.45, 7) is 1.99. The summed E-state index contributed by atoms with van der Waals surface area (Å²) in [5.74, 6) is 1.50. The van der Waals surface area contributed by atoms with Crippen LogP contribution in [0.5, 0.6) is 0 Å². The molecule has 0 fully saturated rings. The molecule has 0 saturated carbocycles. The Morgan fingerprint density at radius 1 is 0.931 bits per heavy atom. The highest BCUT2D eigenvalue weighted by Gasteiger charge is 2.23. The minimum absolute atomic E-state index is 0.701. The number of para-hydroxylation sites is 1. The van der Waals surface area contributed by atoms with Crippen LogP contribution in [0.25, 0.3) is 28.1 Å². The van der Waals surface area contributed by atoms with Crippen LogP contribution in [0.3, 0.4) is 0 Å². The second-order valence-electron chi connectivity index (χ2n) is 6.67. The van der Waals surface area contributed by atoms with Gasteiger partial charge in [-0.3, -0.25) is 0 Å². The highest BCUT2D eigenvalue weighted by molar-refractivity contribution is 9.10. The molecular weight excluding hydrogens is 428 g/mol. The van der Waals surface area contributed by atoms with E-state index in [0.29, 0.717) is 5.71 Å². The van der Waals surface area contributed by atoms with Crippen LogP contribution in [0.2, 0.25) is 0 Å². The van der Waals surface area contributed by atoms with Crippen molar-refractivity contribution in [1.82, 2.24) is 14.8 Å². The van der Waals surface area contributed by atoms with Gasteiger partial charge in [-0.1, -0.05) is 48.5 Å². The molecule has 3 aromatic heterocycles. The Bertz CT molecular complexity index is 1280. The van der Waals surface area contributed by atoms with Crippen molar-refractivity contribution in [3.8, 4) is 17.0 Å². The smallest absolute Gasteiger partial charge is 0.232 e. The molecule has 0 bridgehead atoms. The lowest BCUT2D eigenvalue weighted by Gasteiger charge is -2.07. The van der Waals surface area contributed by atoms with Crippen LogP contribution in [0.1, 0.15) is 5.69 Å². The lowest BCUT2D eigenvalue weighted by atomic mass is 10.1. The minimum Gasteiger partial charge on any atom is -0.435 e. The van der Waals surface area contributed by atoms with Crippen molar-refractivity contribution in [3.63, 3.8) is 0 Å². The molecule has 0 aliphatic carbocycles. The SMILES string of the molecule is Cc1nn(-c2ccccc2)c2oc(-c3ccccc3)c(Nc3ccc(Br)cn3)c12. The predicted molar refractivity (Wildman–Crippen MR) is 119 cm³/mol. The molecule has 0 aliphatic rings. The van der Waals surface area contributed by atoms with Crippen molar-refractivity contribution in [2.45, 2.75) is 6.92 Å². The topological polar surface area (TPSA) is 55.9 Å². The van der Waals surface area contributed by atoms with Crippen molar-refractivity contribution in [3.05, 3.63) is 89.2 Å². The van der Waals surface area contributed by atoms with Crippen LogP contribution in [-0.4, -0.2) is 14.8 Å². The molecular formula is C23H17BrN4O. The number of anilines is 2. The number of furan rings is 1. The average molecular weight is 445 g/mol. The summed E-state index contributed by atoms with van der Waals surface area (Å²) in [5.41, 5.74) is 4.39. The first kappa shape index (κ1) is 17.7. The fourth-order valence-electron chi connectivity index (χ4n) is 3.38. The minimum atomic E-state index is 0.701. The van der Waals surface area contributed by atoms with Gasteiger partial charge in [-0.05, 0) is 47.1 Å². The summed E-state index contributed by atoms with van der Waals surface area (Å²) >= 11 is 3.43. The fourth-order valence-corrected chi connectivity index (χ4v) is 3.62. The predicted octanol–water partition coefficient (Wildman–Crippen LogP) is 6.50. The van der Waals surface area contributed by atoms with E-state index in [1.165, 1.54) is 0 Å². The number of nitrogens with zero attached hydrogens (tertiary/aromatic N) is 3. The maximum Gasteiger partial charge on any atom is 0.232 e. The summed E-state index contributed by atoms with van der Waals surface area (Å²) in [5, 5.41) is 9.12. The molecule has 142 valence electrons. The number of hydrogen-bond acceptors (Lipinski definition) is 4. The molecule has 2 aromatic carbocycles. The Labute approximate surface area is 176 Å². The van der Waals surface area contributed by atoms with Crippen molar-refractivity contribution in [1.29, 1.82) is 0 Å². The summed E-state index contributed by atoms with van der Waals surface area (Å²) in [7, 11) is 0. The van der Waals surface area contributed by atoms with E-state index in [2.05, 4.69) is 26.2 Å². The van der Waals surface area contributed by atoms with Crippen molar-refractivity contribution in [2.24, 2.45) is 0 Å². The number of nitrogens with one attached hydrogen (secondary N) is 1. The lowest BCUT2D eigenvalue weighted by Crippen LogP contribution is -1.96. The zero-order chi connectivity index (χ0) is 19.8. The number of benzene rings is 2. The fraction of sp³-hybridized carbons (Fsp3) is 0.0435. The Morgan fingerprint density at radius 2 is 1.66 bits per heavy atom. The van der Waals surface area contributed by atoms with Gasteiger partial charge < -0.3 is 9.73 Å². The van der Waals surface area contributed by atoms with Gasteiger partial charge in [0.05, 0.1) is 22.5 Å². The number of rotatable bonds is 4. The van der Waals surface area contributed by atoms with E-state index in [-0.39, 0.29) is 0 Å².